The van der Waals surface area contributed by atoms with Gasteiger partial charge in [-0.3, -0.25) is 9.59 Å². The summed E-state index contributed by atoms with van der Waals surface area (Å²) in [6.45, 7) is 0.612. The quantitative estimate of drug-likeness (QED) is 0.631. The van der Waals surface area contributed by atoms with Gasteiger partial charge >= 0.3 is 5.08 Å². The minimum atomic E-state index is -0.383. The Morgan fingerprint density at radius 3 is 2.81 bits per heavy atom. The van der Waals surface area contributed by atoms with Gasteiger partial charge in [-0.25, -0.2) is 4.98 Å². The minimum absolute atomic E-state index is 0.0236. The van der Waals surface area contributed by atoms with E-state index in [-0.39, 0.29) is 11.8 Å². The van der Waals surface area contributed by atoms with Gasteiger partial charge in [-0.15, -0.1) is 0 Å². The van der Waals surface area contributed by atoms with Crippen LogP contribution in [-0.2, 0) is 4.79 Å². The molecule has 1 aromatic heterocycles. The number of benzene rings is 1. The Labute approximate surface area is 149 Å². The SMILES string of the molecule is COc1ccc(N2CCCC2=O)c(NC(=O)c2ccc(N[N+]#N)nc2)c1. The van der Waals surface area contributed by atoms with Crippen LogP contribution in [0.1, 0.15) is 23.2 Å². The number of carbonyl (C=O) groups excluding carboxylic acids is 2. The van der Waals surface area contributed by atoms with E-state index in [2.05, 4.69) is 20.8 Å². The van der Waals surface area contributed by atoms with Gasteiger partial charge < -0.3 is 15.0 Å². The van der Waals surface area contributed by atoms with E-state index in [1.54, 1.807) is 23.1 Å². The van der Waals surface area contributed by atoms with E-state index in [4.69, 9.17) is 10.1 Å². The summed E-state index contributed by atoms with van der Waals surface area (Å²) in [4.78, 5) is 30.2. The molecule has 2 N–H and O–H groups in total. The largest absolute Gasteiger partial charge is 0.497 e. The number of rotatable bonds is 5. The normalized spacial score (nSPS) is 13.2. The van der Waals surface area contributed by atoms with Gasteiger partial charge in [-0.05, 0) is 30.7 Å². The number of ether oxygens (including phenoxy) is 1. The molecule has 2 amide bonds. The zero-order valence-electron chi connectivity index (χ0n) is 14.1. The number of anilines is 3. The molecule has 0 spiro atoms. The lowest BCUT2D eigenvalue weighted by Gasteiger charge is -2.20. The van der Waals surface area contributed by atoms with Crippen molar-refractivity contribution in [2.45, 2.75) is 12.8 Å². The number of carbonyl (C=O) groups is 2. The van der Waals surface area contributed by atoms with E-state index in [1.165, 1.54) is 25.4 Å². The summed E-state index contributed by atoms with van der Waals surface area (Å²) < 4.78 is 5.22. The highest BCUT2D eigenvalue weighted by Gasteiger charge is 2.25. The monoisotopic (exact) mass is 353 g/mol. The molecule has 0 radical (unpaired) electrons. The van der Waals surface area contributed by atoms with Gasteiger partial charge in [0.25, 0.3) is 11.3 Å². The highest BCUT2D eigenvalue weighted by Crippen LogP contribution is 2.33. The summed E-state index contributed by atoms with van der Waals surface area (Å²) in [7, 11) is 1.53. The van der Waals surface area contributed by atoms with Crippen molar-refractivity contribution in [1.82, 2.24) is 4.98 Å². The Balaban J connectivity index is 1.86. The van der Waals surface area contributed by atoms with Crippen LogP contribution in [0.5, 0.6) is 5.75 Å². The van der Waals surface area contributed by atoms with Gasteiger partial charge in [0.2, 0.25) is 11.7 Å². The van der Waals surface area contributed by atoms with Crippen molar-refractivity contribution in [2.24, 2.45) is 0 Å². The maximum atomic E-state index is 12.5. The van der Waals surface area contributed by atoms with Crippen molar-refractivity contribution in [1.29, 1.82) is 5.39 Å². The molecule has 0 bridgehead atoms. The maximum Gasteiger partial charge on any atom is 0.309 e. The third-order valence-corrected chi connectivity index (χ3v) is 4.01. The number of hydrogen-bond donors (Lipinski definition) is 2. The first-order valence-corrected chi connectivity index (χ1v) is 7.98. The van der Waals surface area contributed by atoms with Crippen LogP contribution in [0, 0.1) is 5.39 Å². The van der Waals surface area contributed by atoms with Gasteiger partial charge in [0.1, 0.15) is 5.75 Å². The van der Waals surface area contributed by atoms with Gasteiger partial charge in [-0.1, -0.05) is 0 Å². The number of aromatic nitrogens is 1. The maximum absolute atomic E-state index is 12.5. The van der Waals surface area contributed by atoms with Crippen LogP contribution in [0.25, 0.3) is 5.08 Å². The van der Waals surface area contributed by atoms with Crippen molar-refractivity contribution in [2.75, 3.05) is 29.3 Å². The Hall–Kier alpha value is -3.67. The molecular formula is C17H17N6O3+. The first-order chi connectivity index (χ1) is 12.6. The number of nitrogens with one attached hydrogen (secondary N) is 2. The second-order valence-corrected chi connectivity index (χ2v) is 5.63. The first-order valence-electron chi connectivity index (χ1n) is 7.98. The van der Waals surface area contributed by atoms with Crippen LogP contribution < -0.4 is 20.4 Å². The van der Waals surface area contributed by atoms with Crippen LogP contribution in [0.2, 0.25) is 0 Å². The summed E-state index contributed by atoms with van der Waals surface area (Å²) in [5.41, 5.74) is 3.70. The van der Waals surface area contributed by atoms with E-state index in [0.29, 0.717) is 41.5 Å². The fourth-order valence-electron chi connectivity index (χ4n) is 2.72. The molecule has 2 heterocycles. The third kappa shape index (κ3) is 3.54. The second-order valence-electron chi connectivity index (χ2n) is 5.63. The van der Waals surface area contributed by atoms with Gasteiger partial charge in [-0.2, -0.15) is 0 Å². The lowest BCUT2D eigenvalue weighted by molar-refractivity contribution is -0.117. The van der Waals surface area contributed by atoms with E-state index < -0.39 is 0 Å². The Kier molecular flexibility index (Phi) is 4.94. The van der Waals surface area contributed by atoms with Crippen LogP contribution >= 0.6 is 0 Å². The van der Waals surface area contributed by atoms with Gasteiger partial charge in [0.15, 0.2) is 0 Å². The van der Waals surface area contributed by atoms with Crippen LogP contribution in [0.15, 0.2) is 36.5 Å². The molecule has 3 rings (SSSR count). The molecule has 0 saturated carbocycles. The predicted molar refractivity (Wildman–Crippen MR) is 95.5 cm³/mol. The van der Waals surface area contributed by atoms with Crippen LogP contribution in [0.3, 0.4) is 0 Å². The molecule has 0 aliphatic carbocycles. The molecule has 2 aromatic rings. The lowest BCUT2D eigenvalue weighted by atomic mass is 10.2. The Morgan fingerprint density at radius 1 is 1.35 bits per heavy atom. The topological polar surface area (TPSA) is 112 Å². The zero-order chi connectivity index (χ0) is 18.5. The average Bonchev–Trinajstić information content (AvgIpc) is 3.08. The number of pyridine rings is 1. The minimum Gasteiger partial charge on any atom is -0.497 e. The standard InChI is InChI=1S/C17H16N6O3/c1-26-12-5-6-14(23-8-2-3-16(23)24)13(9-12)20-17(25)11-4-7-15(19-10-11)21-22-18/h4-7,9-10H,2-3,8H2,1H3,(H-,19,20,21,25)/p+1. The smallest absolute Gasteiger partial charge is 0.309 e. The van der Waals surface area contributed by atoms with Gasteiger partial charge in [0.05, 0.1) is 24.0 Å². The molecule has 1 aromatic carbocycles. The van der Waals surface area contributed by atoms with Crippen LogP contribution in [0.4, 0.5) is 17.2 Å². The summed E-state index contributed by atoms with van der Waals surface area (Å²) in [6.07, 6.45) is 2.63. The predicted octanol–water partition coefficient (Wildman–Crippen LogP) is 2.65. The van der Waals surface area contributed by atoms with E-state index in [0.717, 1.165) is 6.42 Å². The highest BCUT2D eigenvalue weighted by molar-refractivity contribution is 6.08. The molecule has 1 saturated heterocycles. The van der Waals surface area contributed by atoms with Crippen molar-refractivity contribution in [3.05, 3.63) is 47.2 Å². The van der Waals surface area contributed by atoms with E-state index >= 15 is 0 Å². The number of nitrogens with zero attached hydrogens (tertiary/aromatic N) is 4. The molecule has 26 heavy (non-hydrogen) atoms. The van der Waals surface area contributed by atoms with E-state index in [1.807, 2.05) is 0 Å². The molecular weight excluding hydrogens is 336 g/mol. The lowest BCUT2D eigenvalue weighted by Crippen LogP contribution is -2.25. The van der Waals surface area contributed by atoms with Crippen molar-refractivity contribution >= 4 is 29.0 Å². The zero-order valence-corrected chi connectivity index (χ0v) is 14.1. The first kappa shape index (κ1) is 17.2. The average molecular weight is 353 g/mol. The molecule has 0 unspecified atom stereocenters. The van der Waals surface area contributed by atoms with Crippen molar-refractivity contribution in [3.63, 3.8) is 0 Å². The molecule has 1 fully saturated rings. The molecule has 132 valence electrons. The number of amides is 2. The van der Waals surface area contributed by atoms with E-state index in [9.17, 15) is 9.59 Å². The Bertz CT molecular complexity index is 875. The Morgan fingerprint density at radius 2 is 2.19 bits per heavy atom. The molecule has 9 nitrogen and oxygen atoms in total. The number of hydrogen-bond acceptors (Lipinski definition) is 6. The highest BCUT2D eigenvalue weighted by atomic mass is 16.5. The molecule has 1 aliphatic heterocycles. The number of methoxy groups -OCH3 is 1. The van der Waals surface area contributed by atoms with Gasteiger partial charge in [0, 0.05) is 30.7 Å². The molecule has 0 atom stereocenters. The summed E-state index contributed by atoms with van der Waals surface area (Å²) >= 11 is 0. The summed E-state index contributed by atoms with van der Waals surface area (Å²) in [5, 5.41) is 14.0. The summed E-state index contributed by atoms with van der Waals surface area (Å²) in [5.74, 6) is 0.508. The fourth-order valence-corrected chi connectivity index (χ4v) is 2.72. The fraction of sp³-hybridized carbons (Fsp3) is 0.235. The van der Waals surface area contributed by atoms with Crippen molar-refractivity contribution in [3.8, 4) is 5.75 Å². The third-order valence-electron chi connectivity index (χ3n) is 4.01. The van der Waals surface area contributed by atoms with Crippen LogP contribution in [-0.4, -0.2) is 30.5 Å². The molecule has 1 aliphatic rings. The van der Waals surface area contributed by atoms with Crippen molar-refractivity contribution < 1.29 is 14.3 Å². The summed E-state index contributed by atoms with van der Waals surface area (Å²) in [6, 6.07) is 8.22. The molecule has 9 heteroatoms. The number of diazo groups is 1. The second kappa shape index (κ2) is 7.48.